The minimum Gasteiger partial charge on any atom is -0.327 e. The van der Waals surface area contributed by atoms with Gasteiger partial charge in [0.15, 0.2) is 0 Å². The van der Waals surface area contributed by atoms with Crippen molar-refractivity contribution in [3.63, 3.8) is 0 Å². The Labute approximate surface area is 82.2 Å². The second-order valence-corrected chi connectivity index (χ2v) is 2.94. The third kappa shape index (κ3) is 2.40. The van der Waals surface area contributed by atoms with E-state index < -0.39 is 0 Å². The lowest BCUT2D eigenvalue weighted by molar-refractivity contribution is -0.385. The summed E-state index contributed by atoms with van der Waals surface area (Å²) in [4.78, 5) is 10.1. The van der Waals surface area contributed by atoms with Crippen LogP contribution in [0.2, 0.25) is 0 Å². The van der Waals surface area contributed by atoms with Crippen molar-refractivity contribution >= 4 is 11.8 Å². The summed E-state index contributed by atoms with van der Waals surface area (Å²) in [7, 11) is 0. The molecule has 0 fully saturated rings. The van der Waals surface area contributed by atoms with Gasteiger partial charge in [0.2, 0.25) is 0 Å². The fourth-order valence-corrected chi connectivity index (χ4v) is 1.19. The van der Waals surface area contributed by atoms with Crippen LogP contribution in [0.5, 0.6) is 0 Å². The molecule has 1 aromatic carbocycles. The first-order chi connectivity index (χ1) is 6.65. The van der Waals surface area contributed by atoms with Crippen LogP contribution in [0, 0.1) is 17.0 Å². The molecule has 4 nitrogen and oxygen atoms in total. The maximum Gasteiger partial charge on any atom is 0.272 e. The summed E-state index contributed by atoms with van der Waals surface area (Å²) in [5, 5.41) is 10.5. The van der Waals surface area contributed by atoms with Gasteiger partial charge in [0.1, 0.15) is 0 Å². The fraction of sp³-hybridized carbons (Fsp3) is 0.200. The summed E-state index contributed by atoms with van der Waals surface area (Å²) in [6.45, 7) is 2.19. The molecule has 4 heteroatoms. The number of aryl methyl sites for hydroxylation is 1. The molecule has 0 bridgehead atoms. The van der Waals surface area contributed by atoms with Crippen molar-refractivity contribution in [1.29, 1.82) is 0 Å². The molecule has 2 N–H and O–H groups in total. The number of nitrogens with two attached hydrogens (primary N) is 1. The van der Waals surface area contributed by atoms with Gasteiger partial charge in [0, 0.05) is 18.2 Å². The van der Waals surface area contributed by atoms with E-state index in [0.717, 1.165) is 5.56 Å². The van der Waals surface area contributed by atoms with E-state index in [9.17, 15) is 10.1 Å². The van der Waals surface area contributed by atoms with Gasteiger partial charge < -0.3 is 5.73 Å². The lowest BCUT2D eigenvalue weighted by Gasteiger charge is -1.98. The van der Waals surface area contributed by atoms with Crippen LogP contribution < -0.4 is 5.73 Å². The van der Waals surface area contributed by atoms with Crippen LogP contribution in [0.25, 0.3) is 6.08 Å². The van der Waals surface area contributed by atoms with E-state index in [2.05, 4.69) is 0 Å². The summed E-state index contributed by atoms with van der Waals surface area (Å²) in [6.07, 6.45) is 3.65. The van der Waals surface area contributed by atoms with Crippen LogP contribution in [0.15, 0.2) is 24.3 Å². The van der Waals surface area contributed by atoms with Crippen molar-refractivity contribution in [3.05, 3.63) is 45.5 Å². The van der Waals surface area contributed by atoms with E-state index in [4.69, 9.17) is 5.73 Å². The molecule has 1 rings (SSSR count). The Balaban J connectivity index is 3.00. The average molecular weight is 192 g/mol. The van der Waals surface area contributed by atoms with Crippen molar-refractivity contribution in [1.82, 2.24) is 0 Å². The van der Waals surface area contributed by atoms with Gasteiger partial charge in [0.25, 0.3) is 5.69 Å². The Morgan fingerprint density at radius 1 is 1.57 bits per heavy atom. The standard InChI is InChI=1S/C10H12N2O2/c1-8-7-9(3-2-6-11)4-5-10(8)12(13)14/h2-5,7H,6,11H2,1H3/b3-2+. The zero-order valence-electron chi connectivity index (χ0n) is 7.93. The highest BCUT2D eigenvalue weighted by Crippen LogP contribution is 2.19. The number of benzene rings is 1. The molecular weight excluding hydrogens is 180 g/mol. The molecule has 0 aliphatic rings. The largest absolute Gasteiger partial charge is 0.327 e. The molecule has 0 heterocycles. The van der Waals surface area contributed by atoms with Gasteiger partial charge in [-0.15, -0.1) is 0 Å². The Hall–Kier alpha value is -1.68. The molecule has 0 unspecified atom stereocenters. The summed E-state index contributed by atoms with van der Waals surface area (Å²) in [5.74, 6) is 0. The van der Waals surface area contributed by atoms with Gasteiger partial charge in [-0.3, -0.25) is 10.1 Å². The third-order valence-electron chi connectivity index (χ3n) is 1.86. The SMILES string of the molecule is Cc1cc(/C=C/CN)ccc1[N+](=O)[O-]. The van der Waals surface area contributed by atoms with Crippen molar-refractivity contribution in [2.24, 2.45) is 5.73 Å². The molecule has 1 aromatic rings. The van der Waals surface area contributed by atoms with Crippen LogP contribution >= 0.6 is 0 Å². The molecule has 0 saturated heterocycles. The number of hydrogen-bond donors (Lipinski definition) is 1. The van der Waals surface area contributed by atoms with Crippen LogP contribution in [-0.2, 0) is 0 Å². The van der Waals surface area contributed by atoms with Gasteiger partial charge in [0.05, 0.1) is 4.92 Å². The van der Waals surface area contributed by atoms with E-state index in [1.807, 2.05) is 6.08 Å². The first kappa shape index (κ1) is 10.4. The van der Waals surface area contributed by atoms with Gasteiger partial charge in [-0.1, -0.05) is 12.2 Å². The van der Waals surface area contributed by atoms with Crippen LogP contribution in [0.3, 0.4) is 0 Å². The van der Waals surface area contributed by atoms with Gasteiger partial charge in [-0.25, -0.2) is 0 Å². The summed E-state index contributed by atoms with van der Waals surface area (Å²) in [5.41, 5.74) is 7.04. The summed E-state index contributed by atoms with van der Waals surface area (Å²) < 4.78 is 0. The number of nitro benzene ring substituents is 1. The minimum atomic E-state index is -0.383. The highest BCUT2D eigenvalue weighted by Gasteiger charge is 2.08. The number of rotatable bonds is 3. The highest BCUT2D eigenvalue weighted by molar-refractivity contribution is 5.55. The molecule has 0 saturated carbocycles. The maximum atomic E-state index is 10.5. The number of nitrogens with zero attached hydrogens (tertiary/aromatic N) is 1. The molecule has 74 valence electrons. The van der Waals surface area contributed by atoms with Crippen LogP contribution in [-0.4, -0.2) is 11.5 Å². The molecule has 0 atom stereocenters. The normalized spacial score (nSPS) is 10.7. The highest BCUT2D eigenvalue weighted by atomic mass is 16.6. The predicted molar refractivity (Wildman–Crippen MR) is 55.9 cm³/mol. The quantitative estimate of drug-likeness (QED) is 0.587. The predicted octanol–water partition coefficient (Wildman–Crippen LogP) is 1.88. The molecule has 0 aliphatic carbocycles. The maximum absolute atomic E-state index is 10.5. The van der Waals surface area contributed by atoms with Crippen molar-refractivity contribution in [2.75, 3.05) is 6.54 Å². The van der Waals surface area contributed by atoms with Gasteiger partial charge in [-0.05, 0) is 24.6 Å². The van der Waals surface area contributed by atoms with E-state index in [1.165, 1.54) is 6.07 Å². The van der Waals surface area contributed by atoms with Crippen molar-refractivity contribution in [3.8, 4) is 0 Å². The molecule has 0 spiro atoms. The minimum absolute atomic E-state index is 0.148. The number of nitro groups is 1. The number of hydrogen-bond acceptors (Lipinski definition) is 3. The van der Waals surface area contributed by atoms with E-state index in [1.54, 1.807) is 25.1 Å². The zero-order chi connectivity index (χ0) is 10.6. The lowest BCUT2D eigenvalue weighted by Crippen LogP contribution is -1.93. The Morgan fingerprint density at radius 3 is 2.79 bits per heavy atom. The molecule has 0 aromatic heterocycles. The average Bonchev–Trinajstić information content (AvgIpc) is 2.14. The molecule has 14 heavy (non-hydrogen) atoms. The first-order valence-corrected chi connectivity index (χ1v) is 4.27. The van der Waals surface area contributed by atoms with Crippen molar-refractivity contribution in [2.45, 2.75) is 6.92 Å². The smallest absolute Gasteiger partial charge is 0.272 e. The second-order valence-electron chi connectivity index (χ2n) is 2.94. The van der Waals surface area contributed by atoms with E-state index in [0.29, 0.717) is 12.1 Å². The molecule has 0 aliphatic heterocycles. The van der Waals surface area contributed by atoms with Crippen LogP contribution in [0.4, 0.5) is 5.69 Å². The van der Waals surface area contributed by atoms with Gasteiger partial charge >= 0.3 is 0 Å². The first-order valence-electron chi connectivity index (χ1n) is 4.27. The molecule has 0 amide bonds. The fourth-order valence-electron chi connectivity index (χ4n) is 1.19. The Morgan fingerprint density at radius 2 is 2.29 bits per heavy atom. The molecule has 0 radical (unpaired) electrons. The topological polar surface area (TPSA) is 69.2 Å². The zero-order valence-corrected chi connectivity index (χ0v) is 7.93. The third-order valence-corrected chi connectivity index (χ3v) is 1.86. The second kappa shape index (κ2) is 4.53. The van der Waals surface area contributed by atoms with E-state index in [-0.39, 0.29) is 10.6 Å². The van der Waals surface area contributed by atoms with Crippen LogP contribution in [0.1, 0.15) is 11.1 Å². The van der Waals surface area contributed by atoms with E-state index >= 15 is 0 Å². The monoisotopic (exact) mass is 192 g/mol. The van der Waals surface area contributed by atoms with Crippen molar-refractivity contribution < 1.29 is 4.92 Å². The lowest BCUT2D eigenvalue weighted by atomic mass is 10.1. The summed E-state index contributed by atoms with van der Waals surface area (Å²) >= 11 is 0. The summed E-state index contributed by atoms with van der Waals surface area (Å²) in [6, 6.07) is 4.98. The molecular formula is C10H12N2O2. The Kier molecular flexibility index (Phi) is 3.36. The van der Waals surface area contributed by atoms with Gasteiger partial charge in [-0.2, -0.15) is 0 Å². The Bertz CT molecular complexity index is 372.